The van der Waals surface area contributed by atoms with Gasteiger partial charge in [0.05, 0.1) is 28.9 Å². The number of aromatic nitrogens is 4. The highest BCUT2D eigenvalue weighted by molar-refractivity contribution is 5.89. The van der Waals surface area contributed by atoms with E-state index in [-0.39, 0.29) is 23.7 Å². The van der Waals surface area contributed by atoms with E-state index in [4.69, 9.17) is 0 Å². The summed E-state index contributed by atoms with van der Waals surface area (Å²) in [5.74, 6) is 0.799. The summed E-state index contributed by atoms with van der Waals surface area (Å²) in [7, 11) is 0. The number of hydrogen-bond acceptors (Lipinski definition) is 7. The largest absolute Gasteiger partial charge is 0.416 e. The molecule has 9 nitrogen and oxygen atoms in total. The average molecular weight is 461 g/mol. The van der Waals surface area contributed by atoms with Crippen molar-refractivity contribution in [2.75, 3.05) is 29.9 Å². The molecule has 0 radical (unpaired) electrons. The zero-order valence-corrected chi connectivity index (χ0v) is 17.5. The summed E-state index contributed by atoms with van der Waals surface area (Å²) < 4.78 is 41.1. The Hall–Kier alpha value is -3.41. The van der Waals surface area contributed by atoms with Gasteiger partial charge in [-0.05, 0) is 31.0 Å². The Bertz CT molecular complexity index is 1190. The van der Waals surface area contributed by atoms with Gasteiger partial charge in [-0.3, -0.25) is 4.79 Å². The molecule has 2 aromatic heterocycles. The van der Waals surface area contributed by atoms with Gasteiger partial charge < -0.3 is 20.6 Å². The number of hydrogen-bond donors (Lipinski definition) is 3. The van der Waals surface area contributed by atoms with Crippen molar-refractivity contribution in [2.45, 2.75) is 37.6 Å². The maximum Gasteiger partial charge on any atom is 0.416 e. The zero-order valence-electron chi connectivity index (χ0n) is 17.5. The van der Waals surface area contributed by atoms with Crippen molar-refractivity contribution >= 4 is 28.7 Å². The van der Waals surface area contributed by atoms with Crippen LogP contribution in [0, 0.1) is 0 Å². The Labute approximate surface area is 186 Å². The number of carbonyl (C=O) groups is 1. The number of anilines is 2. The highest BCUT2D eigenvalue weighted by Crippen LogP contribution is 2.33. The number of nitrogens with one attached hydrogen (secondary N) is 2. The first kappa shape index (κ1) is 21.4. The molecule has 0 unspecified atom stereocenters. The molecule has 3 N–H and O–H groups in total. The quantitative estimate of drug-likeness (QED) is 0.546. The first-order valence-electron chi connectivity index (χ1n) is 10.7. The van der Waals surface area contributed by atoms with Crippen LogP contribution in [-0.2, 0) is 11.0 Å². The number of nitrogens with zero attached hydrogens (tertiary/aromatic N) is 5. The van der Waals surface area contributed by atoms with E-state index in [2.05, 4.69) is 25.7 Å². The van der Waals surface area contributed by atoms with Gasteiger partial charge in [0.15, 0.2) is 5.65 Å². The van der Waals surface area contributed by atoms with Crippen LogP contribution < -0.4 is 15.5 Å². The second kappa shape index (κ2) is 8.18. The van der Waals surface area contributed by atoms with Crippen molar-refractivity contribution in [3.63, 3.8) is 0 Å². The topological polar surface area (TPSA) is 108 Å². The van der Waals surface area contributed by atoms with E-state index in [1.807, 2.05) is 4.90 Å². The summed E-state index contributed by atoms with van der Waals surface area (Å²) in [5, 5.41) is 20.5. The van der Waals surface area contributed by atoms with E-state index in [9.17, 15) is 23.1 Å². The van der Waals surface area contributed by atoms with Crippen molar-refractivity contribution in [2.24, 2.45) is 0 Å². The second-order valence-corrected chi connectivity index (χ2v) is 8.27. The van der Waals surface area contributed by atoms with Crippen LogP contribution in [0.4, 0.5) is 24.9 Å². The van der Waals surface area contributed by atoms with Gasteiger partial charge in [-0.25, -0.2) is 4.68 Å². The summed E-state index contributed by atoms with van der Waals surface area (Å²) >= 11 is 0. The minimum absolute atomic E-state index is 0.00241. The Kier molecular flexibility index (Phi) is 5.31. The Morgan fingerprint density at radius 3 is 2.76 bits per heavy atom. The van der Waals surface area contributed by atoms with Crippen LogP contribution in [0.3, 0.4) is 0 Å². The molecular weight excluding hydrogens is 439 g/mol. The van der Waals surface area contributed by atoms with Gasteiger partial charge in [0.25, 0.3) is 0 Å². The number of carbonyl (C=O) groups excluding carboxylic acids is 1. The van der Waals surface area contributed by atoms with Crippen molar-refractivity contribution < 1.29 is 23.1 Å². The van der Waals surface area contributed by atoms with Crippen molar-refractivity contribution in [3.05, 3.63) is 36.0 Å². The molecule has 2 fully saturated rings. The van der Waals surface area contributed by atoms with Crippen LogP contribution in [0.5, 0.6) is 0 Å². The first-order chi connectivity index (χ1) is 15.8. The first-order valence-corrected chi connectivity index (χ1v) is 10.7. The van der Waals surface area contributed by atoms with Gasteiger partial charge in [0, 0.05) is 32.1 Å². The lowest BCUT2D eigenvalue weighted by molar-refractivity contribution is -0.137. The number of aliphatic hydroxyl groups excluding tert-OH is 1. The molecule has 1 amide bonds. The molecule has 2 aliphatic rings. The summed E-state index contributed by atoms with van der Waals surface area (Å²) in [6, 6.07) is 4.90. The molecule has 1 saturated heterocycles. The normalized spacial score (nSPS) is 21.5. The fourth-order valence-corrected chi connectivity index (χ4v) is 4.07. The molecule has 0 atom stereocenters. The van der Waals surface area contributed by atoms with Gasteiger partial charge in [0.2, 0.25) is 11.9 Å². The van der Waals surface area contributed by atoms with Crippen LogP contribution in [0.25, 0.3) is 16.7 Å². The number of fused-ring (bicyclic) bond motifs is 1. The van der Waals surface area contributed by atoms with E-state index >= 15 is 0 Å². The fraction of sp³-hybridized carbons (Fsp3) is 0.429. The van der Waals surface area contributed by atoms with Crippen molar-refractivity contribution in [1.82, 2.24) is 25.1 Å². The molecule has 1 aliphatic heterocycles. The summed E-state index contributed by atoms with van der Waals surface area (Å²) in [4.78, 5) is 22.9. The number of alkyl halides is 3. The van der Waals surface area contributed by atoms with E-state index in [1.54, 1.807) is 0 Å². The van der Waals surface area contributed by atoms with Crippen LogP contribution >= 0.6 is 0 Å². The van der Waals surface area contributed by atoms with Gasteiger partial charge in [-0.1, -0.05) is 6.07 Å². The van der Waals surface area contributed by atoms with Crippen LogP contribution in [0.2, 0.25) is 0 Å². The lowest BCUT2D eigenvalue weighted by Crippen LogP contribution is -2.39. The standard InChI is InChI=1S/C21H22F3N7O2/c22-21(23,24)12-2-1-3-14(8-12)31-19-16(11-26-31)18(30-6-4-17(33)25-5-7-30)28-20(29-19)27-13-9-15(32)10-13/h1-3,8,11,13,15,32H,4-7,9-10H2,(H,25,33)(H,27,28,29)/t13-,15+. The number of halogens is 3. The van der Waals surface area contributed by atoms with Gasteiger partial charge in [0.1, 0.15) is 5.82 Å². The molecule has 1 aliphatic carbocycles. The summed E-state index contributed by atoms with van der Waals surface area (Å²) in [6.45, 7) is 1.41. The Balaban J connectivity index is 1.59. The molecule has 5 rings (SSSR count). The molecular formula is C21H22F3N7O2. The van der Waals surface area contributed by atoms with E-state index < -0.39 is 11.7 Å². The van der Waals surface area contributed by atoms with Crippen molar-refractivity contribution in [3.8, 4) is 5.69 Å². The maximum absolute atomic E-state index is 13.3. The molecule has 0 bridgehead atoms. The number of benzene rings is 1. The van der Waals surface area contributed by atoms with Gasteiger partial charge in [-0.2, -0.15) is 28.2 Å². The number of rotatable bonds is 4. The number of aliphatic hydroxyl groups is 1. The van der Waals surface area contributed by atoms with Gasteiger partial charge >= 0.3 is 6.18 Å². The van der Waals surface area contributed by atoms with E-state index in [1.165, 1.54) is 23.0 Å². The minimum Gasteiger partial charge on any atom is -0.393 e. The molecule has 12 heteroatoms. The maximum atomic E-state index is 13.3. The fourth-order valence-electron chi connectivity index (χ4n) is 4.07. The van der Waals surface area contributed by atoms with E-state index in [0.717, 1.165) is 12.1 Å². The molecule has 174 valence electrons. The predicted molar refractivity (Wildman–Crippen MR) is 114 cm³/mol. The van der Waals surface area contributed by atoms with Crippen LogP contribution in [-0.4, -0.2) is 62.5 Å². The molecule has 1 saturated carbocycles. The average Bonchev–Trinajstić information content (AvgIpc) is 3.06. The smallest absolute Gasteiger partial charge is 0.393 e. The SMILES string of the molecule is O=C1CCN(c2nc(N[C@H]3C[C@@H](O)C3)nc3c2cnn3-c2cccc(C(F)(F)F)c2)CCN1. The number of amides is 1. The minimum atomic E-state index is -4.48. The molecule has 3 heterocycles. The van der Waals surface area contributed by atoms with Crippen LogP contribution in [0.15, 0.2) is 30.5 Å². The lowest BCUT2D eigenvalue weighted by Gasteiger charge is -2.32. The highest BCUT2D eigenvalue weighted by atomic mass is 19.4. The molecule has 3 aromatic rings. The third-order valence-corrected chi connectivity index (χ3v) is 5.89. The third kappa shape index (κ3) is 4.30. The molecule has 1 aromatic carbocycles. The van der Waals surface area contributed by atoms with Crippen LogP contribution in [0.1, 0.15) is 24.8 Å². The van der Waals surface area contributed by atoms with Gasteiger partial charge in [-0.15, -0.1) is 0 Å². The van der Waals surface area contributed by atoms with Crippen molar-refractivity contribution in [1.29, 1.82) is 0 Å². The second-order valence-electron chi connectivity index (χ2n) is 8.27. The lowest BCUT2D eigenvalue weighted by atomic mass is 9.90. The molecule has 0 spiro atoms. The van der Waals surface area contributed by atoms with E-state index in [0.29, 0.717) is 61.7 Å². The Morgan fingerprint density at radius 1 is 1.18 bits per heavy atom. The highest BCUT2D eigenvalue weighted by Gasteiger charge is 2.31. The Morgan fingerprint density at radius 2 is 2.00 bits per heavy atom. The molecule has 33 heavy (non-hydrogen) atoms. The summed E-state index contributed by atoms with van der Waals surface area (Å²) in [6.07, 6.45) is -1.91. The summed E-state index contributed by atoms with van der Waals surface area (Å²) in [5.41, 5.74) is -0.204. The zero-order chi connectivity index (χ0) is 23.2. The third-order valence-electron chi connectivity index (χ3n) is 5.89. The monoisotopic (exact) mass is 461 g/mol. The predicted octanol–water partition coefficient (Wildman–Crippen LogP) is 2.10.